The summed E-state index contributed by atoms with van der Waals surface area (Å²) in [6.07, 6.45) is 3.13. The predicted octanol–water partition coefficient (Wildman–Crippen LogP) is 3.18. The van der Waals surface area contributed by atoms with E-state index in [1.807, 2.05) is 0 Å². The van der Waals surface area contributed by atoms with E-state index in [1.54, 1.807) is 18.3 Å². The minimum absolute atomic E-state index is 0.369. The molecule has 2 aromatic heterocycles. The number of hydrogen-bond donors (Lipinski definition) is 1. The van der Waals surface area contributed by atoms with Gasteiger partial charge in [0.25, 0.3) is 0 Å². The van der Waals surface area contributed by atoms with Gasteiger partial charge in [-0.2, -0.15) is 0 Å². The van der Waals surface area contributed by atoms with Crippen LogP contribution in [0.2, 0.25) is 0 Å². The van der Waals surface area contributed by atoms with Crippen LogP contribution in [0.1, 0.15) is 43.1 Å². The molecular weight excluding hydrogens is 306 g/mol. The first kappa shape index (κ1) is 16.2. The van der Waals surface area contributed by atoms with Gasteiger partial charge in [0.2, 0.25) is 0 Å². The van der Waals surface area contributed by atoms with Crippen LogP contribution in [0.5, 0.6) is 0 Å². The summed E-state index contributed by atoms with van der Waals surface area (Å²) in [6, 6.07) is 2.09. The third kappa shape index (κ3) is 3.52. The van der Waals surface area contributed by atoms with Crippen LogP contribution < -0.4 is 5.32 Å². The molecule has 7 heteroatoms. The van der Waals surface area contributed by atoms with Gasteiger partial charge in [0.05, 0.1) is 5.39 Å². The van der Waals surface area contributed by atoms with Crippen LogP contribution in [-0.2, 0) is 16.3 Å². The summed E-state index contributed by atoms with van der Waals surface area (Å²) in [4.78, 5) is 11.0. The standard InChI is InChI=1S/C14H21N3O2S2/c1-5-7-15-13-11-8-10(6-2)20-14(11)17-12(16-13)9(3)21(4,18)19/h8-9H,5-7H2,1-4H3,(H,15,16,17). The number of aromatic nitrogens is 2. The molecular formula is C14H21N3O2S2. The van der Waals surface area contributed by atoms with E-state index in [4.69, 9.17) is 0 Å². The highest BCUT2D eigenvalue weighted by Gasteiger charge is 2.22. The molecule has 0 aliphatic heterocycles. The summed E-state index contributed by atoms with van der Waals surface area (Å²) in [5.74, 6) is 1.11. The van der Waals surface area contributed by atoms with Gasteiger partial charge >= 0.3 is 0 Å². The predicted molar refractivity (Wildman–Crippen MR) is 88.8 cm³/mol. The Hall–Kier alpha value is -1.21. The topological polar surface area (TPSA) is 72.0 Å². The molecule has 0 aromatic carbocycles. The number of thiophene rings is 1. The first-order valence-electron chi connectivity index (χ1n) is 7.09. The zero-order valence-corrected chi connectivity index (χ0v) is 14.4. The maximum absolute atomic E-state index is 11.8. The van der Waals surface area contributed by atoms with Crippen molar-refractivity contribution in [1.82, 2.24) is 9.97 Å². The van der Waals surface area contributed by atoms with Crippen molar-refractivity contribution >= 4 is 37.2 Å². The van der Waals surface area contributed by atoms with Crippen molar-refractivity contribution < 1.29 is 8.42 Å². The molecule has 0 fully saturated rings. The van der Waals surface area contributed by atoms with Crippen LogP contribution in [0.3, 0.4) is 0 Å². The molecule has 5 nitrogen and oxygen atoms in total. The third-order valence-corrected chi connectivity index (χ3v) is 6.03. The van der Waals surface area contributed by atoms with Crippen molar-refractivity contribution in [3.05, 3.63) is 16.8 Å². The average Bonchev–Trinajstić information content (AvgIpc) is 2.85. The quantitative estimate of drug-likeness (QED) is 0.882. The van der Waals surface area contributed by atoms with Crippen LogP contribution in [0.15, 0.2) is 6.07 Å². The molecule has 0 spiro atoms. The van der Waals surface area contributed by atoms with Crippen molar-refractivity contribution in [2.45, 2.75) is 38.9 Å². The molecule has 0 aliphatic carbocycles. The Balaban J connectivity index is 2.58. The lowest BCUT2D eigenvalue weighted by molar-refractivity contribution is 0.589. The van der Waals surface area contributed by atoms with E-state index < -0.39 is 15.1 Å². The molecule has 21 heavy (non-hydrogen) atoms. The lowest BCUT2D eigenvalue weighted by Crippen LogP contribution is -2.13. The minimum Gasteiger partial charge on any atom is -0.369 e. The number of fused-ring (bicyclic) bond motifs is 1. The van der Waals surface area contributed by atoms with Crippen molar-refractivity contribution in [1.29, 1.82) is 0 Å². The highest BCUT2D eigenvalue weighted by molar-refractivity contribution is 7.90. The number of nitrogens with one attached hydrogen (secondary N) is 1. The van der Waals surface area contributed by atoms with Gasteiger partial charge in [0.1, 0.15) is 21.7 Å². The van der Waals surface area contributed by atoms with E-state index >= 15 is 0 Å². The summed E-state index contributed by atoms with van der Waals surface area (Å²) in [6.45, 7) is 6.61. The van der Waals surface area contributed by atoms with E-state index in [0.29, 0.717) is 5.82 Å². The molecule has 2 heterocycles. The van der Waals surface area contributed by atoms with Crippen LogP contribution in [0.25, 0.3) is 10.2 Å². The van der Waals surface area contributed by atoms with Gasteiger partial charge in [-0.25, -0.2) is 18.4 Å². The third-order valence-electron chi connectivity index (χ3n) is 3.36. The largest absolute Gasteiger partial charge is 0.369 e. The lowest BCUT2D eigenvalue weighted by Gasteiger charge is -2.11. The minimum atomic E-state index is -3.21. The Morgan fingerprint density at radius 1 is 1.33 bits per heavy atom. The molecule has 0 radical (unpaired) electrons. The van der Waals surface area contributed by atoms with Gasteiger partial charge in [0.15, 0.2) is 9.84 Å². The molecule has 1 unspecified atom stereocenters. The summed E-state index contributed by atoms with van der Waals surface area (Å²) < 4.78 is 23.5. The van der Waals surface area contributed by atoms with Gasteiger partial charge in [-0.1, -0.05) is 13.8 Å². The molecule has 0 amide bonds. The monoisotopic (exact) mass is 327 g/mol. The van der Waals surface area contributed by atoms with E-state index in [9.17, 15) is 8.42 Å². The number of hydrogen-bond acceptors (Lipinski definition) is 6. The number of sulfone groups is 1. The number of rotatable bonds is 6. The van der Waals surface area contributed by atoms with Gasteiger partial charge in [-0.15, -0.1) is 11.3 Å². The molecule has 0 bridgehead atoms. The first-order valence-corrected chi connectivity index (χ1v) is 9.87. The molecule has 0 saturated heterocycles. The normalized spacial score (nSPS) is 13.5. The van der Waals surface area contributed by atoms with E-state index in [-0.39, 0.29) is 0 Å². The van der Waals surface area contributed by atoms with Gasteiger partial charge in [0, 0.05) is 17.7 Å². The SMILES string of the molecule is CCCNc1nc(C(C)S(C)(=O)=O)nc2sc(CC)cc12. The first-order chi connectivity index (χ1) is 9.86. The Kier molecular flexibility index (Phi) is 4.83. The molecule has 116 valence electrons. The van der Waals surface area contributed by atoms with Crippen LogP contribution in [0.4, 0.5) is 5.82 Å². The summed E-state index contributed by atoms with van der Waals surface area (Å²) >= 11 is 1.60. The number of aryl methyl sites for hydroxylation is 1. The smallest absolute Gasteiger partial charge is 0.157 e. The molecule has 2 rings (SSSR count). The maximum Gasteiger partial charge on any atom is 0.157 e. The summed E-state index contributed by atoms with van der Waals surface area (Å²) in [5, 5.41) is 3.57. The molecule has 2 aromatic rings. The zero-order valence-electron chi connectivity index (χ0n) is 12.8. The second-order valence-electron chi connectivity index (χ2n) is 5.11. The Morgan fingerprint density at radius 2 is 2.05 bits per heavy atom. The van der Waals surface area contributed by atoms with Crippen molar-refractivity contribution in [2.75, 3.05) is 18.1 Å². The fraction of sp³-hybridized carbons (Fsp3) is 0.571. The molecule has 1 atom stereocenters. The molecule has 0 aliphatic rings. The van der Waals surface area contributed by atoms with E-state index in [2.05, 4.69) is 35.2 Å². The highest BCUT2D eigenvalue weighted by Crippen LogP contribution is 2.31. The fourth-order valence-electron chi connectivity index (χ4n) is 1.91. The van der Waals surface area contributed by atoms with Crippen LogP contribution >= 0.6 is 11.3 Å². The average molecular weight is 327 g/mol. The van der Waals surface area contributed by atoms with Gasteiger partial charge in [-0.3, -0.25) is 0 Å². The number of anilines is 1. The zero-order chi connectivity index (χ0) is 15.6. The second kappa shape index (κ2) is 6.27. The second-order valence-corrected chi connectivity index (χ2v) is 8.60. The van der Waals surface area contributed by atoms with E-state index in [0.717, 1.165) is 35.4 Å². The Bertz CT molecular complexity index is 738. The van der Waals surface area contributed by atoms with Crippen LogP contribution in [0, 0.1) is 0 Å². The van der Waals surface area contributed by atoms with Gasteiger partial charge in [-0.05, 0) is 25.8 Å². The number of nitrogens with zero attached hydrogens (tertiary/aromatic N) is 2. The van der Waals surface area contributed by atoms with Crippen molar-refractivity contribution in [3.8, 4) is 0 Å². The summed E-state index contributed by atoms with van der Waals surface area (Å²) in [7, 11) is -3.21. The van der Waals surface area contributed by atoms with Gasteiger partial charge < -0.3 is 5.32 Å². The lowest BCUT2D eigenvalue weighted by atomic mass is 10.3. The molecule has 1 N–H and O–H groups in total. The molecule has 0 saturated carbocycles. The van der Waals surface area contributed by atoms with Crippen molar-refractivity contribution in [2.24, 2.45) is 0 Å². The van der Waals surface area contributed by atoms with Crippen molar-refractivity contribution in [3.63, 3.8) is 0 Å². The fourth-order valence-corrected chi connectivity index (χ4v) is 3.38. The van der Waals surface area contributed by atoms with Crippen LogP contribution in [-0.4, -0.2) is 31.2 Å². The Labute approximate surface area is 129 Å². The summed E-state index contributed by atoms with van der Waals surface area (Å²) in [5.41, 5.74) is 0. The highest BCUT2D eigenvalue weighted by atomic mass is 32.2. The Morgan fingerprint density at radius 3 is 2.62 bits per heavy atom. The maximum atomic E-state index is 11.8. The van der Waals surface area contributed by atoms with E-state index in [1.165, 1.54) is 11.1 Å².